The highest BCUT2D eigenvalue weighted by Gasteiger charge is 2.38. The number of benzene rings is 1. The summed E-state index contributed by atoms with van der Waals surface area (Å²) in [6, 6.07) is 11.6. The number of likely N-dealkylation sites (N-methyl/N-ethyl adjacent to an activating group) is 1. The molecule has 0 amide bonds. The lowest BCUT2D eigenvalue weighted by Gasteiger charge is -2.23. The zero-order valence-electron chi connectivity index (χ0n) is 16.2. The van der Waals surface area contributed by atoms with E-state index in [0.29, 0.717) is 4.88 Å². The number of esters is 1. The molecular formula is C22H23NO4S. The highest BCUT2D eigenvalue weighted by Crippen LogP contribution is 2.46. The second kappa shape index (κ2) is 8.10. The maximum atomic E-state index is 12.4. The van der Waals surface area contributed by atoms with Crippen LogP contribution in [0.4, 0.5) is 5.69 Å². The van der Waals surface area contributed by atoms with Crippen molar-refractivity contribution in [3.05, 3.63) is 64.0 Å². The second-order valence-corrected chi connectivity index (χ2v) is 8.21. The number of thiophene rings is 1. The first kappa shape index (κ1) is 20.0. The van der Waals surface area contributed by atoms with Crippen molar-refractivity contribution in [1.29, 1.82) is 0 Å². The monoisotopic (exact) mass is 397 g/mol. The van der Waals surface area contributed by atoms with Crippen molar-refractivity contribution in [3.63, 3.8) is 0 Å². The van der Waals surface area contributed by atoms with Crippen LogP contribution in [-0.4, -0.2) is 31.2 Å². The zero-order valence-corrected chi connectivity index (χ0v) is 17.0. The summed E-state index contributed by atoms with van der Waals surface area (Å²) in [4.78, 5) is 38.8. The van der Waals surface area contributed by atoms with Gasteiger partial charge in [0, 0.05) is 36.3 Å². The molecule has 0 radical (unpaired) electrons. The molecule has 1 aromatic heterocycles. The van der Waals surface area contributed by atoms with Gasteiger partial charge in [-0.25, -0.2) is 0 Å². The van der Waals surface area contributed by atoms with Gasteiger partial charge in [-0.1, -0.05) is 38.1 Å². The van der Waals surface area contributed by atoms with Gasteiger partial charge in [-0.05, 0) is 23.1 Å². The summed E-state index contributed by atoms with van der Waals surface area (Å²) in [5.74, 6) is -0.910. The minimum Gasteiger partial charge on any atom is -0.457 e. The number of carbonyl (C=O) groups excluding carboxylic acids is 3. The van der Waals surface area contributed by atoms with Crippen molar-refractivity contribution in [2.75, 3.05) is 18.6 Å². The summed E-state index contributed by atoms with van der Waals surface area (Å²) in [7, 11) is 1.93. The van der Waals surface area contributed by atoms with Crippen molar-refractivity contribution in [2.24, 2.45) is 0 Å². The fraction of sp³-hybridized carbons (Fsp3) is 0.318. The minimum atomic E-state index is -0.543. The number of hydrogen-bond donors (Lipinski definition) is 0. The minimum absolute atomic E-state index is 0.0303. The number of anilines is 1. The van der Waals surface area contributed by atoms with Crippen LogP contribution in [0.5, 0.6) is 0 Å². The second-order valence-electron chi connectivity index (χ2n) is 7.26. The van der Waals surface area contributed by atoms with E-state index >= 15 is 0 Å². The molecule has 146 valence electrons. The number of rotatable bonds is 7. The summed E-state index contributed by atoms with van der Waals surface area (Å²) >= 11 is 1.35. The average Bonchev–Trinajstić information content (AvgIpc) is 3.28. The maximum absolute atomic E-state index is 12.4. The van der Waals surface area contributed by atoms with Crippen LogP contribution in [0.25, 0.3) is 0 Å². The highest BCUT2D eigenvalue weighted by atomic mass is 32.1. The summed E-state index contributed by atoms with van der Waals surface area (Å²) < 4.78 is 5.06. The number of para-hydroxylation sites is 1. The van der Waals surface area contributed by atoms with Crippen LogP contribution in [0.2, 0.25) is 0 Å². The van der Waals surface area contributed by atoms with Gasteiger partial charge in [-0.3, -0.25) is 14.4 Å². The molecule has 6 heteroatoms. The summed E-state index contributed by atoms with van der Waals surface area (Å²) in [5, 5.41) is 1.82. The van der Waals surface area contributed by atoms with Gasteiger partial charge in [0.2, 0.25) is 0 Å². The van der Waals surface area contributed by atoms with Crippen molar-refractivity contribution >= 4 is 34.6 Å². The van der Waals surface area contributed by atoms with E-state index in [0.717, 1.165) is 16.9 Å². The lowest BCUT2D eigenvalue weighted by Crippen LogP contribution is -2.25. The van der Waals surface area contributed by atoms with E-state index in [4.69, 9.17) is 4.74 Å². The van der Waals surface area contributed by atoms with E-state index in [1.807, 2.05) is 35.5 Å². The number of nitrogens with zero attached hydrogens (tertiary/aromatic N) is 1. The Morgan fingerprint density at radius 2 is 1.86 bits per heavy atom. The Kier molecular flexibility index (Phi) is 5.79. The topological polar surface area (TPSA) is 63.7 Å². The number of fused-ring (bicyclic) bond motifs is 1. The first-order valence-electron chi connectivity index (χ1n) is 9.11. The van der Waals surface area contributed by atoms with Crippen LogP contribution in [-0.2, 0) is 19.7 Å². The van der Waals surface area contributed by atoms with Gasteiger partial charge >= 0.3 is 5.97 Å². The van der Waals surface area contributed by atoms with Gasteiger partial charge in [0.15, 0.2) is 18.2 Å². The first-order chi connectivity index (χ1) is 13.3. The highest BCUT2D eigenvalue weighted by molar-refractivity contribution is 7.12. The Balaban J connectivity index is 1.55. The largest absolute Gasteiger partial charge is 0.457 e. The average molecular weight is 397 g/mol. The Labute approximate surface area is 168 Å². The number of ether oxygens (including phenoxy) is 1. The van der Waals surface area contributed by atoms with E-state index in [2.05, 4.69) is 19.9 Å². The number of carbonyl (C=O) groups is 3. The van der Waals surface area contributed by atoms with Crippen LogP contribution < -0.4 is 4.90 Å². The fourth-order valence-corrected chi connectivity index (χ4v) is 4.15. The Hall–Kier alpha value is -2.73. The lowest BCUT2D eigenvalue weighted by atomic mass is 9.83. The van der Waals surface area contributed by atoms with Gasteiger partial charge in [-0.15, -0.1) is 11.3 Å². The fourth-order valence-electron chi connectivity index (χ4n) is 3.45. The van der Waals surface area contributed by atoms with Crippen molar-refractivity contribution < 1.29 is 19.1 Å². The Bertz CT molecular complexity index is 928. The summed E-state index contributed by atoms with van der Waals surface area (Å²) in [6.45, 7) is 3.81. The molecule has 1 aliphatic rings. The van der Waals surface area contributed by atoms with Crippen molar-refractivity contribution in [1.82, 2.24) is 0 Å². The van der Waals surface area contributed by atoms with E-state index < -0.39 is 5.97 Å². The molecule has 5 nitrogen and oxygen atoms in total. The molecule has 2 heterocycles. The van der Waals surface area contributed by atoms with Crippen LogP contribution in [0.3, 0.4) is 0 Å². The first-order valence-corrected chi connectivity index (χ1v) is 9.99. The predicted octanol–water partition coefficient (Wildman–Crippen LogP) is 4.13. The molecule has 1 aliphatic heterocycles. The molecule has 0 fully saturated rings. The van der Waals surface area contributed by atoms with Crippen LogP contribution in [0.1, 0.15) is 41.9 Å². The Morgan fingerprint density at radius 1 is 1.11 bits per heavy atom. The molecule has 0 aliphatic carbocycles. The van der Waals surface area contributed by atoms with Crippen LogP contribution in [0, 0.1) is 0 Å². The third kappa shape index (κ3) is 4.07. The summed E-state index contributed by atoms with van der Waals surface area (Å²) in [6.07, 6.45) is 1.60. The number of ketones is 2. The number of hydrogen-bond acceptors (Lipinski definition) is 6. The molecule has 28 heavy (non-hydrogen) atoms. The lowest BCUT2D eigenvalue weighted by molar-refractivity contribution is -0.146. The molecule has 0 N–H and O–H groups in total. The molecule has 0 saturated carbocycles. The standard InChI is InChI=1S/C22H23NO4S/c1-22(2)16-7-4-5-8-17(16)23(3)20(22)13-15(24)14-27-21(26)11-10-18(25)19-9-6-12-28-19/h4-9,12-13H,10-11,14H2,1-3H3. The van der Waals surface area contributed by atoms with Crippen molar-refractivity contribution in [2.45, 2.75) is 32.1 Å². The van der Waals surface area contributed by atoms with E-state index in [9.17, 15) is 14.4 Å². The van der Waals surface area contributed by atoms with Gasteiger partial charge in [0.25, 0.3) is 0 Å². The third-order valence-electron chi connectivity index (χ3n) is 4.97. The molecular weight excluding hydrogens is 374 g/mol. The number of allylic oxidation sites excluding steroid dienone is 1. The third-order valence-corrected chi connectivity index (χ3v) is 5.88. The van der Waals surface area contributed by atoms with E-state index in [1.165, 1.54) is 11.3 Å². The molecule has 3 rings (SSSR count). The zero-order chi connectivity index (χ0) is 20.3. The molecule has 0 atom stereocenters. The number of Topliss-reactive ketones (excluding diaryl/α,β-unsaturated/α-hetero) is 1. The van der Waals surface area contributed by atoms with Gasteiger partial charge in [0.1, 0.15) is 0 Å². The molecule has 0 spiro atoms. The van der Waals surface area contributed by atoms with E-state index in [-0.39, 0.29) is 36.4 Å². The molecule has 1 aromatic carbocycles. The van der Waals surface area contributed by atoms with Crippen LogP contribution in [0.15, 0.2) is 53.6 Å². The molecule has 0 saturated heterocycles. The van der Waals surface area contributed by atoms with E-state index in [1.54, 1.807) is 18.2 Å². The molecule has 2 aromatic rings. The SMILES string of the molecule is CN1C(=CC(=O)COC(=O)CCC(=O)c2cccs2)C(C)(C)c2ccccc21. The van der Waals surface area contributed by atoms with Crippen molar-refractivity contribution in [3.8, 4) is 0 Å². The normalized spacial score (nSPS) is 16.1. The van der Waals surface area contributed by atoms with Gasteiger partial charge < -0.3 is 9.64 Å². The summed E-state index contributed by atoms with van der Waals surface area (Å²) in [5.41, 5.74) is 2.77. The molecule has 0 bridgehead atoms. The van der Waals surface area contributed by atoms with Gasteiger partial charge in [-0.2, -0.15) is 0 Å². The quantitative estimate of drug-likeness (QED) is 0.399. The predicted molar refractivity (Wildman–Crippen MR) is 110 cm³/mol. The van der Waals surface area contributed by atoms with Gasteiger partial charge in [0.05, 0.1) is 11.3 Å². The maximum Gasteiger partial charge on any atom is 0.306 e. The smallest absolute Gasteiger partial charge is 0.306 e. The molecule has 0 unspecified atom stereocenters. The van der Waals surface area contributed by atoms with Crippen LogP contribution >= 0.6 is 11.3 Å². The Morgan fingerprint density at radius 3 is 2.54 bits per heavy atom.